The van der Waals surface area contributed by atoms with Gasteiger partial charge in [-0.3, -0.25) is 4.79 Å². The van der Waals surface area contributed by atoms with Gasteiger partial charge in [0.15, 0.2) is 0 Å². The topological polar surface area (TPSA) is 78.9 Å². The minimum Gasteiger partial charge on any atom is -0.497 e. The van der Waals surface area contributed by atoms with E-state index in [1.54, 1.807) is 21.1 Å². The number of rotatable bonds is 7. The summed E-state index contributed by atoms with van der Waals surface area (Å²) in [5.41, 5.74) is 3.13. The van der Waals surface area contributed by atoms with Crippen molar-refractivity contribution in [1.82, 2.24) is 10.2 Å². The Morgan fingerprint density at radius 2 is 1.62 bits per heavy atom. The average Bonchev–Trinajstić information content (AvgIpc) is 2.66. The van der Waals surface area contributed by atoms with E-state index in [0.717, 1.165) is 22.4 Å². The number of hydrogen-bond acceptors (Lipinski definition) is 3. The highest BCUT2D eigenvalue weighted by Gasteiger charge is 2.16. The number of nitrogens with one attached hydrogen (secondary N) is 1. The number of aliphatic carboxylic acids is 1. The highest BCUT2D eigenvalue weighted by atomic mass is 16.5. The predicted molar refractivity (Wildman–Crippen MR) is 100 cm³/mol. The van der Waals surface area contributed by atoms with Crippen LogP contribution < -0.4 is 10.1 Å². The third kappa shape index (κ3) is 5.24. The van der Waals surface area contributed by atoms with Crippen LogP contribution in [0.4, 0.5) is 4.79 Å². The zero-order valence-corrected chi connectivity index (χ0v) is 15.2. The fourth-order valence-corrected chi connectivity index (χ4v) is 2.48. The monoisotopic (exact) mass is 356 g/mol. The smallest absolute Gasteiger partial charge is 0.317 e. The molecule has 0 aromatic heterocycles. The molecule has 2 N–H and O–H groups in total. The van der Waals surface area contributed by atoms with E-state index in [1.165, 1.54) is 4.90 Å². The van der Waals surface area contributed by atoms with E-state index >= 15 is 0 Å². The molecule has 26 heavy (non-hydrogen) atoms. The lowest BCUT2D eigenvalue weighted by Crippen LogP contribution is -2.40. The number of methoxy groups -OCH3 is 1. The third-order valence-electron chi connectivity index (χ3n) is 4.14. The van der Waals surface area contributed by atoms with Gasteiger partial charge in [-0.05, 0) is 28.8 Å². The van der Waals surface area contributed by atoms with Gasteiger partial charge in [0.1, 0.15) is 5.75 Å². The average molecular weight is 356 g/mol. The highest BCUT2D eigenvalue weighted by molar-refractivity contribution is 5.75. The predicted octanol–water partition coefficient (Wildman–Crippen LogP) is 3.22. The molecule has 0 heterocycles. The molecule has 0 saturated heterocycles. The number of hydrogen-bond donors (Lipinski definition) is 2. The Morgan fingerprint density at radius 3 is 2.12 bits per heavy atom. The molecule has 2 amide bonds. The lowest BCUT2D eigenvalue weighted by molar-refractivity contribution is -0.141. The van der Waals surface area contributed by atoms with Crippen LogP contribution in [0.25, 0.3) is 11.1 Å². The Hall–Kier alpha value is -3.02. The molecule has 1 atom stereocenters. The van der Waals surface area contributed by atoms with Crippen LogP contribution in [0.2, 0.25) is 0 Å². The normalized spacial score (nSPS) is 11.5. The maximum absolute atomic E-state index is 12.0. The molecule has 0 fully saturated rings. The van der Waals surface area contributed by atoms with E-state index in [1.807, 2.05) is 48.5 Å². The summed E-state index contributed by atoms with van der Waals surface area (Å²) in [5, 5.41) is 11.7. The number of benzene rings is 2. The molecular weight excluding hydrogens is 332 g/mol. The molecular formula is C20H24N2O4. The molecule has 0 radical (unpaired) electrons. The number of urea groups is 1. The maximum Gasteiger partial charge on any atom is 0.317 e. The van der Waals surface area contributed by atoms with Gasteiger partial charge in [0.05, 0.1) is 13.0 Å². The number of carbonyl (C=O) groups is 2. The first kappa shape index (κ1) is 19.3. The summed E-state index contributed by atoms with van der Waals surface area (Å²) < 4.78 is 5.16. The van der Waals surface area contributed by atoms with Crippen molar-refractivity contribution in [3.8, 4) is 16.9 Å². The van der Waals surface area contributed by atoms with Crippen LogP contribution in [0.3, 0.4) is 0 Å². The minimum atomic E-state index is -0.918. The van der Waals surface area contributed by atoms with Crippen molar-refractivity contribution in [3.05, 3.63) is 54.1 Å². The van der Waals surface area contributed by atoms with Crippen LogP contribution in [0.15, 0.2) is 48.5 Å². The molecule has 2 aromatic carbocycles. The Labute approximate surface area is 153 Å². The van der Waals surface area contributed by atoms with Crippen molar-refractivity contribution in [2.24, 2.45) is 5.92 Å². The van der Waals surface area contributed by atoms with E-state index in [9.17, 15) is 9.59 Å². The SMILES string of the molecule is COc1ccc(-c2ccc(CNC(=O)N(C)CC(C)C(=O)O)cc2)cc1. The van der Waals surface area contributed by atoms with E-state index in [2.05, 4.69) is 5.32 Å². The van der Waals surface area contributed by atoms with Gasteiger partial charge in [-0.2, -0.15) is 0 Å². The first-order valence-corrected chi connectivity index (χ1v) is 8.36. The van der Waals surface area contributed by atoms with Crippen molar-refractivity contribution >= 4 is 12.0 Å². The van der Waals surface area contributed by atoms with Gasteiger partial charge in [-0.1, -0.05) is 43.3 Å². The molecule has 1 unspecified atom stereocenters. The van der Waals surface area contributed by atoms with Crippen LogP contribution in [-0.2, 0) is 11.3 Å². The van der Waals surface area contributed by atoms with Crippen LogP contribution in [-0.4, -0.2) is 42.7 Å². The fourth-order valence-electron chi connectivity index (χ4n) is 2.48. The van der Waals surface area contributed by atoms with Crippen LogP contribution in [0.5, 0.6) is 5.75 Å². The second kappa shape index (κ2) is 8.89. The Kier molecular flexibility index (Phi) is 6.60. The standard InChI is InChI=1S/C20H24N2O4/c1-14(19(23)24)13-22(2)20(25)21-12-15-4-6-16(7-5-15)17-8-10-18(26-3)11-9-17/h4-11,14H,12-13H2,1-3H3,(H,21,25)(H,23,24). The lowest BCUT2D eigenvalue weighted by atomic mass is 10.0. The molecule has 0 aliphatic heterocycles. The number of nitrogens with zero attached hydrogens (tertiary/aromatic N) is 1. The Bertz CT molecular complexity index is 741. The zero-order chi connectivity index (χ0) is 19.1. The first-order valence-electron chi connectivity index (χ1n) is 8.36. The molecule has 2 aromatic rings. The first-order chi connectivity index (χ1) is 12.4. The van der Waals surface area contributed by atoms with Gasteiger partial charge in [-0.15, -0.1) is 0 Å². The molecule has 0 bridgehead atoms. The summed E-state index contributed by atoms with van der Waals surface area (Å²) in [6, 6.07) is 15.4. The molecule has 0 spiro atoms. The summed E-state index contributed by atoms with van der Waals surface area (Å²) in [6.07, 6.45) is 0. The van der Waals surface area contributed by atoms with Crippen molar-refractivity contribution in [2.45, 2.75) is 13.5 Å². The Morgan fingerprint density at radius 1 is 1.08 bits per heavy atom. The largest absolute Gasteiger partial charge is 0.497 e. The lowest BCUT2D eigenvalue weighted by Gasteiger charge is -2.20. The van der Waals surface area contributed by atoms with Crippen molar-refractivity contribution < 1.29 is 19.4 Å². The van der Waals surface area contributed by atoms with Crippen LogP contribution >= 0.6 is 0 Å². The minimum absolute atomic E-state index is 0.164. The number of carboxylic acid groups (broad SMARTS) is 1. The zero-order valence-electron chi connectivity index (χ0n) is 15.2. The number of amides is 2. The van der Waals surface area contributed by atoms with Gasteiger partial charge in [0.2, 0.25) is 0 Å². The van der Waals surface area contributed by atoms with Crippen molar-refractivity contribution in [3.63, 3.8) is 0 Å². The maximum atomic E-state index is 12.0. The summed E-state index contributed by atoms with van der Waals surface area (Å²) in [7, 11) is 3.22. The van der Waals surface area contributed by atoms with Crippen molar-refractivity contribution in [1.29, 1.82) is 0 Å². The second-order valence-electron chi connectivity index (χ2n) is 6.20. The molecule has 0 aliphatic rings. The molecule has 6 heteroatoms. The van der Waals surface area contributed by atoms with E-state index < -0.39 is 11.9 Å². The van der Waals surface area contributed by atoms with Crippen molar-refractivity contribution in [2.75, 3.05) is 20.7 Å². The van der Waals surface area contributed by atoms with Gasteiger partial charge < -0.3 is 20.1 Å². The van der Waals surface area contributed by atoms with E-state index in [0.29, 0.717) is 6.54 Å². The van der Waals surface area contributed by atoms with Crippen LogP contribution in [0, 0.1) is 5.92 Å². The van der Waals surface area contributed by atoms with Crippen LogP contribution in [0.1, 0.15) is 12.5 Å². The summed E-state index contributed by atoms with van der Waals surface area (Å²) in [5.74, 6) is -0.706. The highest BCUT2D eigenvalue weighted by Crippen LogP contribution is 2.22. The molecule has 0 saturated carbocycles. The quantitative estimate of drug-likeness (QED) is 0.798. The molecule has 0 aliphatic carbocycles. The van der Waals surface area contributed by atoms with E-state index in [4.69, 9.17) is 9.84 Å². The third-order valence-corrected chi connectivity index (χ3v) is 4.14. The molecule has 6 nitrogen and oxygen atoms in total. The second-order valence-corrected chi connectivity index (χ2v) is 6.20. The number of carboxylic acids is 1. The summed E-state index contributed by atoms with van der Waals surface area (Å²) in [6.45, 7) is 2.12. The number of carbonyl (C=O) groups excluding carboxylic acids is 1. The van der Waals surface area contributed by atoms with E-state index in [-0.39, 0.29) is 12.6 Å². The molecule has 2 rings (SSSR count). The van der Waals surface area contributed by atoms with Gasteiger partial charge >= 0.3 is 12.0 Å². The number of ether oxygens (including phenoxy) is 1. The van der Waals surface area contributed by atoms with Gasteiger partial charge in [0, 0.05) is 20.1 Å². The fraction of sp³-hybridized carbons (Fsp3) is 0.300. The molecule has 138 valence electrons. The van der Waals surface area contributed by atoms with Gasteiger partial charge in [0.25, 0.3) is 0 Å². The Balaban J connectivity index is 1.90. The van der Waals surface area contributed by atoms with Gasteiger partial charge in [-0.25, -0.2) is 4.79 Å². The summed E-state index contributed by atoms with van der Waals surface area (Å²) >= 11 is 0. The summed E-state index contributed by atoms with van der Waals surface area (Å²) in [4.78, 5) is 24.3.